The molecule has 2 aromatic rings. The van der Waals surface area contributed by atoms with E-state index in [9.17, 15) is 4.79 Å². The zero-order valence-corrected chi connectivity index (χ0v) is 13.2. The maximum atomic E-state index is 11.5. The molecule has 0 unspecified atom stereocenters. The number of benzene rings is 1. The Morgan fingerprint density at radius 3 is 2.86 bits per heavy atom. The highest BCUT2D eigenvalue weighted by molar-refractivity contribution is 5.76. The predicted molar refractivity (Wildman–Crippen MR) is 85.2 cm³/mol. The number of aromatic nitrogens is 2. The maximum absolute atomic E-state index is 11.5. The van der Waals surface area contributed by atoms with Crippen LogP contribution in [0.5, 0.6) is 0 Å². The number of carbonyl (C=O) groups excluding carboxylic acids is 1. The Bertz CT molecular complexity index is 697. The lowest BCUT2D eigenvalue weighted by Crippen LogP contribution is -2.21. The molecule has 0 aliphatic rings. The van der Waals surface area contributed by atoms with E-state index in [1.54, 1.807) is 23.2 Å². The van der Waals surface area contributed by atoms with Crippen molar-refractivity contribution in [1.82, 2.24) is 9.78 Å². The van der Waals surface area contributed by atoms with E-state index in [0.29, 0.717) is 18.0 Å². The Hall–Kier alpha value is -2.61. The fraction of sp³-hybridized carbons (Fsp3) is 0.353. The molecule has 5 heteroatoms. The van der Waals surface area contributed by atoms with Crippen LogP contribution in [0, 0.1) is 24.2 Å². The van der Waals surface area contributed by atoms with Crippen LogP contribution in [0.1, 0.15) is 30.7 Å². The van der Waals surface area contributed by atoms with Crippen molar-refractivity contribution in [3.63, 3.8) is 0 Å². The number of hydrogen-bond acceptors (Lipinski definition) is 3. The third kappa shape index (κ3) is 3.53. The molecule has 1 aromatic carbocycles. The molecule has 0 saturated heterocycles. The average Bonchev–Trinajstić information content (AvgIpc) is 2.85. The first kappa shape index (κ1) is 15.8. The van der Waals surface area contributed by atoms with Gasteiger partial charge in [-0.2, -0.15) is 10.4 Å². The zero-order valence-electron chi connectivity index (χ0n) is 13.2. The van der Waals surface area contributed by atoms with Gasteiger partial charge in [0, 0.05) is 6.54 Å². The fourth-order valence-corrected chi connectivity index (χ4v) is 2.36. The Morgan fingerprint density at radius 1 is 1.45 bits per heavy atom. The van der Waals surface area contributed by atoms with Crippen molar-refractivity contribution in [1.29, 1.82) is 5.26 Å². The Kier molecular flexibility index (Phi) is 4.95. The molecule has 0 fully saturated rings. The minimum atomic E-state index is 0.424. The molecule has 0 bridgehead atoms. The zero-order chi connectivity index (χ0) is 16.1. The minimum absolute atomic E-state index is 0.424. The second kappa shape index (κ2) is 6.90. The highest BCUT2D eigenvalue weighted by Gasteiger charge is 2.14. The molecular weight excluding hydrogens is 276 g/mol. The van der Waals surface area contributed by atoms with Gasteiger partial charge in [0.2, 0.25) is 6.41 Å². The van der Waals surface area contributed by atoms with Crippen molar-refractivity contribution in [3.05, 3.63) is 47.3 Å². The summed E-state index contributed by atoms with van der Waals surface area (Å²) in [7, 11) is 0. The molecule has 0 saturated carbocycles. The van der Waals surface area contributed by atoms with Crippen LogP contribution in [0.2, 0.25) is 0 Å². The molecule has 114 valence electrons. The van der Waals surface area contributed by atoms with Crippen LogP contribution in [-0.4, -0.2) is 16.2 Å². The molecule has 22 heavy (non-hydrogen) atoms. The Labute approximate surface area is 130 Å². The van der Waals surface area contributed by atoms with Gasteiger partial charge in [-0.3, -0.25) is 9.48 Å². The molecule has 1 aromatic heterocycles. The second-order valence-corrected chi connectivity index (χ2v) is 5.74. The molecule has 2 rings (SSSR count). The molecule has 5 nitrogen and oxygen atoms in total. The highest BCUT2D eigenvalue weighted by Crippen LogP contribution is 2.21. The number of nitriles is 1. The van der Waals surface area contributed by atoms with Crippen LogP contribution in [-0.2, 0) is 17.9 Å². The monoisotopic (exact) mass is 296 g/mol. The van der Waals surface area contributed by atoms with Crippen molar-refractivity contribution < 1.29 is 4.79 Å². The Morgan fingerprint density at radius 2 is 2.23 bits per heavy atom. The summed E-state index contributed by atoms with van der Waals surface area (Å²) < 4.78 is 1.92. The van der Waals surface area contributed by atoms with Gasteiger partial charge in [0.1, 0.15) is 0 Å². The number of rotatable bonds is 6. The summed E-state index contributed by atoms with van der Waals surface area (Å²) in [6, 6.07) is 9.39. The predicted octanol–water partition coefficient (Wildman–Crippen LogP) is 2.88. The molecule has 1 amide bonds. The third-order valence-electron chi connectivity index (χ3n) is 3.46. The van der Waals surface area contributed by atoms with E-state index in [2.05, 4.69) is 25.0 Å². The van der Waals surface area contributed by atoms with Crippen molar-refractivity contribution in [3.8, 4) is 6.07 Å². The molecule has 0 atom stereocenters. The summed E-state index contributed by atoms with van der Waals surface area (Å²) >= 11 is 0. The van der Waals surface area contributed by atoms with Crippen LogP contribution in [0.3, 0.4) is 0 Å². The average molecular weight is 296 g/mol. The molecule has 0 N–H and O–H groups in total. The maximum Gasteiger partial charge on any atom is 0.214 e. The van der Waals surface area contributed by atoms with Gasteiger partial charge in [-0.25, -0.2) is 0 Å². The molecular formula is C17H20N4O. The van der Waals surface area contributed by atoms with Crippen molar-refractivity contribution in [2.75, 3.05) is 4.90 Å². The molecule has 0 radical (unpaired) electrons. The second-order valence-electron chi connectivity index (χ2n) is 5.74. The summed E-state index contributed by atoms with van der Waals surface area (Å²) in [5, 5.41) is 13.3. The van der Waals surface area contributed by atoms with E-state index in [1.807, 2.05) is 23.7 Å². The summed E-state index contributed by atoms with van der Waals surface area (Å²) in [6.45, 7) is 7.47. The smallest absolute Gasteiger partial charge is 0.214 e. The SMILES string of the molecule is Cc1c(N(C=O)Cc2cccc(C#N)c2)cnn1CC(C)C. The normalized spacial score (nSPS) is 10.5. The lowest BCUT2D eigenvalue weighted by Gasteiger charge is -2.17. The van der Waals surface area contributed by atoms with Gasteiger partial charge in [-0.15, -0.1) is 0 Å². The molecule has 0 aliphatic heterocycles. The number of nitrogens with zero attached hydrogens (tertiary/aromatic N) is 4. The van der Waals surface area contributed by atoms with E-state index in [4.69, 9.17) is 5.26 Å². The fourth-order valence-electron chi connectivity index (χ4n) is 2.36. The van der Waals surface area contributed by atoms with Gasteiger partial charge in [0.05, 0.1) is 35.8 Å². The van der Waals surface area contributed by atoms with Crippen LogP contribution in [0.25, 0.3) is 0 Å². The first-order chi connectivity index (χ1) is 10.5. The van der Waals surface area contributed by atoms with Gasteiger partial charge in [0.25, 0.3) is 0 Å². The van der Waals surface area contributed by atoms with Gasteiger partial charge >= 0.3 is 0 Å². The summed E-state index contributed by atoms with van der Waals surface area (Å²) in [5.74, 6) is 0.489. The van der Waals surface area contributed by atoms with E-state index in [-0.39, 0.29) is 0 Å². The quantitative estimate of drug-likeness (QED) is 0.770. The highest BCUT2D eigenvalue weighted by atomic mass is 16.1. The summed E-state index contributed by atoms with van der Waals surface area (Å²) in [6.07, 6.45) is 2.53. The minimum Gasteiger partial charge on any atom is -0.307 e. The van der Waals surface area contributed by atoms with Crippen molar-refractivity contribution in [2.45, 2.75) is 33.9 Å². The van der Waals surface area contributed by atoms with E-state index in [0.717, 1.165) is 29.9 Å². The molecule has 0 aliphatic carbocycles. The topological polar surface area (TPSA) is 61.9 Å². The summed E-state index contributed by atoms with van der Waals surface area (Å²) in [5.41, 5.74) is 3.29. The number of hydrogen-bond donors (Lipinski definition) is 0. The number of amides is 1. The van der Waals surface area contributed by atoms with Crippen molar-refractivity contribution in [2.24, 2.45) is 5.92 Å². The largest absolute Gasteiger partial charge is 0.307 e. The lowest BCUT2D eigenvalue weighted by molar-refractivity contribution is -0.107. The number of anilines is 1. The first-order valence-corrected chi connectivity index (χ1v) is 7.28. The first-order valence-electron chi connectivity index (χ1n) is 7.28. The van der Waals surface area contributed by atoms with Crippen molar-refractivity contribution >= 4 is 12.1 Å². The summed E-state index contributed by atoms with van der Waals surface area (Å²) in [4.78, 5) is 13.1. The van der Waals surface area contributed by atoms with E-state index in [1.165, 1.54) is 0 Å². The third-order valence-corrected chi connectivity index (χ3v) is 3.46. The Balaban J connectivity index is 2.23. The van der Waals surface area contributed by atoms with Gasteiger partial charge < -0.3 is 4.90 Å². The van der Waals surface area contributed by atoms with Gasteiger partial charge in [0.15, 0.2) is 0 Å². The lowest BCUT2D eigenvalue weighted by atomic mass is 10.1. The van der Waals surface area contributed by atoms with Crippen LogP contribution in [0.4, 0.5) is 5.69 Å². The van der Waals surface area contributed by atoms with Crippen LogP contribution >= 0.6 is 0 Å². The van der Waals surface area contributed by atoms with Gasteiger partial charge in [-0.05, 0) is 30.5 Å². The van der Waals surface area contributed by atoms with E-state index >= 15 is 0 Å². The standard InChI is InChI=1S/C17H20N4O/c1-13(2)10-21-14(3)17(9-19-21)20(12-22)11-16-6-4-5-15(7-16)8-18/h4-7,9,12-13H,10-11H2,1-3H3. The van der Waals surface area contributed by atoms with Gasteiger partial charge in [-0.1, -0.05) is 26.0 Å². The van der Waals surface area contributed by atoms with E-state index < -0.39 is 0 Å². The molecule has 1 heterocycles. The molecule has 0 spiro atoms. The number of carbonyl (C=O) groups is 1. The van der Waals surface area contributed by atoms with Crippen LogP contribution in [0.15, 0.2) is 30.5 Å². The van der Waals surface area contributed by atoms with Crippen LogP contribution < -0.4 is 4.90 Å².